The quantitative estimate of drug-likeness (QED) is 0.232. The molecule has 0 radical (unpaired) electrons. The van der Waals surface area contributed by atoms with E-state index in [2.05, 4.69) is 10.3 Å². The number of nitrogens with one attached hydrogen (secondary N) is 1. The van der Waals surface area contributed by atoms with Gasteiger partial charge in [0.15, 0.2) is 0 Å². The second-order valence-electron chi connectivity index (χ2n) is 8.58. The summed E-state index contributed by atoms with van der Waals surface area (Å²) in [6, 6.07) is 10.1. The second kappa shape index (κ2) is 13.4. The van der Waals surface area contributed by atoms with Gasteiger partial charge < -0.3 is 10.1 Å². The predicted octanol–water partition coefficient (Wildman–Crippen LogP) is 5.00. The van der Waals surface area contributed by atoms with Gasteiger partial charge in [0.05, 0.1) is 23.3 Å². The van der Waals surface area contributed by atoms with Crippen molar-refractivity contribution in [2.75, 3.05) is 18.5 Å². The van der Waals surface area contributed by atoms with Crippen LogP contribution in [0.15, 0.2) is 42.6 Å². The fourth-order valence-corrected chi connectivity index (χ4v) is 4.10. The topological polar surface area (TPSA) is 106 Å². The van der Waals surface area contributed by atoms with Gasteiger partial charge in [-0.3, -0.25) is 19.3 Å². The Kier molecular flexibility index (Phi) is 9.95. The van der Waals surface area contributed by atoms with E-state index in [1.165, 1.54) is 17.2 Å². The average molecular weight is 480 g/mol. The highest BCUT2D eigenvalue weighted by atomic mass is 16.5. The fraction of sp³-hybridized carbons (Fsp3) is 0.444. The Hall–Kier alpha value is -3.55. The zero-order valence-corrected chi connectivity index (χ0v) is 20.3. The molecule has 186 valence electrons. The summed E-state index contributed by atoms with van der Waals surface area (Å²) in [5.74, 6) is -0.573. The van der Waals surface area contributed by atoms with Crippen molar-refractivity contribution in [3.05, 3.63) is 59.3 Å². The molecule has 0 aliphatic carbocycles. The molecule has 8 nitrogen and oxygen atoms in total. The lowest BCUT2D eigenvalue weighted by Crippen LogP contribution is -2.30. The summed E-state index contributed by atoms with van der Waals surface area (Å²) in [6.07, 6.45) is 9.75. The van der Waals surface area contributed by atoms with Crippen LogP contribution in [0.1, 0.15) is 95.8 Å². The summed E-state index contributed by atoms with van der Waals surface area (Å²) in [7, 11) is 0. The van der Waals surface area contributed by atoms with E-state index in [-0.39, 0.29) is 17.7 Å². The van der Waals surface area contributed by atoms with Crippen LogP contribution in [0, 0.1) is 0 Å². The number of rotatable bonds is 14. The largest absolute Gasteiger partial charge is 0.462 e. The number of esters is 1. The summed E-state index contributed by atoms with van der Waals surface area (Å²) in [4.78, 5) is 54.0. The third-order valence-electron chi connectivity index (χ3n) is 5.95. The van der Waals surface area contributed by atoms with E-state index in [9.17, 15) is 19.2 Å². The molecule has 1 aliphatic heterocycles. The van der Waals surface area contributed by atoms with Crippen LogP contribution >= 0.6 is 0 Å². The molecule has 1 N–H and O–H groups in total. The van der Waals surface area contributed by atoms with Gasteiger partial charge in [-0.25, -0.2) is 9.78 Å². The van der Waals surface area contributed by atoms with Gasteiger partial charge >= 0.3 is 5.97 Å². The molecule has 35 heavy (non-hydrogen) atoms. The van der Waals surface area contributed by atoms with Gasteiger partial charge in [0.2, 0.25) is 5.91 Å². The van der Waals surface area contributed by atoms with Crippen molar-refractivity contribution in [3.63, 3.8) is 0 Å². The number of hydrogen-bond acceptors (Lipinski definition) is 6. The molecule has 0 spiro atoms. The molecule has 1 aromatic carbocycles. The van der Waals surface area contributed by atoms with Crippen LogP contribution in [-0.2, 0) is 9.53 Å². The normalized spacial score (nSPS) is 12.5. The first-order chi connectivity index (χ1) is 17.0. The van der Waals surface area contributed by atoms with E-state index < -0.39 is 5.97 Å². The highest BCUT2D eigenvalue weighted by molar-refractivity contribution is 6.21. The van der Waals surface area contributed by atoms with Gasteiger partial charge in [-0.1, -0.05) is 50.7 Å². The molecule has 0 fully saturated rings. The Labute approximate surface area is 206 Å². The van der Waals surface area contributed by atoms with E-state index in [1.807, 2.05) is 0 Å². The zero-order valence-electron chi connectivity index (χ0n) is 20.3. The van der Waals surface area contributed by atoms with Crippen LogP contribution < -0.4 is 5.32 Å². The number of amides is 3. The van der Waals surface area contributed by atoms with Crippen LogP contribution in [0.2, 0.25) is 0 Å². The third kappa shape index (κ3) is 7.47. The maximum atomic E-state index is 12.3. The van der Waals surface area contributed by atoms with Crippen molar-refractivity contribution >= 4 is 29.5 Å². The molecule has 2 aromatic rings. The Morgan fingerprint density at radius 2 is 1.49 bits per heavy atom. The van der Waals surface area contributed by atoms with Crippen LogP contribution in [0.25, 0.3) is 0 Å². The number of benzene rings is 1. The summed E-state index contributed by atoms with van der Waals surface area (Å²) in [6.45, 7) is 2.50. The van der Waals surface area contributed by atoms with E-state index in [4.69, 9.17) is 4.74 Å². The molecule has 0 saturated carbocycles. The summed E-state index contributed by atoms with van der Waals surface area (Å²) >= 11 is 0. The first-order valence-electron chi connectivity index (χ1n) is 12.4. The molecule has 2 heterocycles. The zero-order chi connectivity index (χ0) is 25.0. The Balaban J connectivity index is 1.21. The number of pyridine rings is 1. The molecule has 0 atom stereocenters. The SMILES string of the molecule is CCOC(=O)c1ccnc(NC(=O)CCCCCCCCCCN2C(=O)c3ccccc3C2=O)c1. The van der Waals surface area contributed by atoms with E-state index >= 15 is 0 Å². The number of unbranched alkanes of at least 4 members (excludes halogenated alkanes) is 7. The van der Waals surface area contributed by atoms with Crippen molar-refractivity contribution in [2.24, 2.45) is 0 Å². The van der Waals surface area contributed by atoms with Crippen molar-refractivity contribution in [1.29, 1.82) is 0 Å². The van der Waals surface area contributed by atoms with Crippen LogP contribution in [0.4, 0.5) is 5.82 Å². The molecule has 3 rings (SSSR count). The molecule has 3 amide bonds. The predicted molar refractivity (Wildman–Crippen MR) is 132 cm³/mol. The molecule has 0 bridgehead atoms. The highest BCUT2D eigenvalue weighted by Gasteiger charge is 2.34. The smallest absolute Gasteiger partial charge is 0.338 e. The van der Waals surface area contributed by atoms with Crippen molar-refractivity contribution in [2.45, 2.75) is 64.7 Å². The second-order valence-corrected chi connectivity index (χ2v) is 8.58. The molecular weight excluding hydrogens is 446 g/mol. The van der Waals surface area contributed by atoms with Gasteiger partial charge in [0.25, 0.3) is 11.8 Å². The van der Waals surface area contributed by atoms with E-state index in [0.717, 1.165) is 51.4 Å². The minimum absolute atomic E-state index is 0.119. The number of aromatic nitrogens is 1. The lowest BCUT2D eigenvalue weighted by atomic mass is 10.1. The Morgan fingerprint density at radius 3 is 2.11 bits per heavy atom. The number of carbonyl (C=O) groups excluding carboxylic acids is 4. The number of anilines is 1. The maximum absolute atomic E-state index is 12.3. The molecule has 0 saturated heterocycles. The molecule has 0 unspecified atom stereocenters. The molecule has 8 heteroatoms. The number of fused-ring (bicyclic) bond motifs is 1. The monoisotopic (exact) mass is 479 g/mol. The van der Waals surface area contributed by atoms with Gasteiger partial charge in [0.1, 0.15) is 5.82 Å². The number of hydrogen-bond donors (Lipinski definition) is 1. The van der Waals surface area contributed by atoms with Crippen LogP contribution in [0.5, 0.6) is 0 Å². The number of ether oxygens (including phenoxy) is 1. The van der Waals surface area contributed by atoms with E-state index in [1.54, 1.807) is 37.3 Å². The van der Waals surface area contributed by atoms with Gasteiger partial charge in [-0.15, -0.1) is 0 Å². The number of imide groups is 1. The van der Waals surface area contributed by atoms with Gasteiger partial charge in [0, 0.05) is 19.2 Å². The molecule has 1 aromatic heterocycles. The van der Waals surface area contributed by atoms with Crippen LogP contribution in [-0.4, -0.2) is 46.7 Å². The lowest BCUT2D eigenvalue weighted by Gasteiger charge is -2.13. The van der Waals surface area contributed by atoms with Crippen molar-refractivity contribution in [1.82, 2.24) is 9.88 Å². The van der Waals surface area contributed by atoms with Gasteiger partial charge in [-0.05, 0) is 44.0 Å². The standard InChI is InChI=1S/C27H33N3O5/c1-2-35-27(34)20-16-17-28-23(19-20)29-24(31)15-9-7-5-3-4-6-8-12-18-30-25(32)21-13-10-11-14-22(21)26(30)33/h10-11,13-14,16-17,19H,2-9,12,15,18H2,1H3,(H,28,29,31). The summed E-state index contributed by atoms with van der Waals surface area (Å²) in [5.41, 5.74) is 1.38. The lowest BCUT2D eigenvalue weighted by molar-refractivity contribution is -0.116. The summed E-state index contributed by atoms with van der Waals surface area (Å²) < 4.78 is 4.96. The number of nitrogens with zero attached hydrogens (tertiary/aromatic N) is 2. The molecule has 1 aliphatic rings. The minimum Gasteiger partial charge on any atom is -0.462 e. The van der Waals surface area contributed by atoms with Crippen LogP contribution in [0.3, 0.4) is 0 Å². The third-order valence-corrected chi connectivity index (χ3v) is 5.95. The Morgan fingerprint density at radius 1 is 0.886 bits per heavy atom. The summed E-state index contributed by atoms with van der Waals surface area (Å²) in [5, 5.41) is 2.73. The van der Waals surface area contributed by atoms with Crippen molar-refractivity contribution < 1.29 is 23.9 Å². The fourth-order valence-electron chi connectivity index (χ4n) is 4.10. The average Bonchev–Trinajstić information content (AvgIpc) is 3.10. The van der Waals surface area contributed by atoms with Gasteiger partial charge in [-0.2, -0.15) is 0 Å². The highest BCUT2D eigenvalue weighted by Crippen LogP contribution is 2.23. The molecular formula is C27H33N3O5. The van der Waals surface area contributed by atoms with E-state index in [0.29, 0.717) is 42.1 Å². The number of carbonyl (C=O) groups is 4. The Bertz CT molecular complexity index is 1020. The first kappa shape index (κ1) is 26.1. The maximum Gasteiger partial charge on any atom is 0.338 e. The first-order valence-corrected chi connectivity index (χ1v) is 12.4. The minimum atomic E-state index is -0.436. The van der Waals surface area contributed by atoms with Crippen molar-refractivity contribution in [3.8, 4) is 0 Å².